The van der Waals surface area contributed by atoms with Gasteiger partial charge in [-0.05, 0) is 82.9 Å². The Morgan fingerprint density at radius 3 is 1.34 bits per heavy atom. The number of rotatable bonds is 6. The third-order valence-corrected chi connectivity index (χ3v) is 15.0. The number of aromatic nitrogens is 5. The first-order valence-electron chi connectivity index (χ1n) is 24.2. The molecule has 0 atom stereocenters. The van der Waals surface area contributed by atoms with Gasteiger partial charge in [0.05, 0.1) is 73.7 Å². The molecule has 9 aromatic carbocycles. The zero-order chi connectivity index (χ0) is 46.6. The van der Waals surface area contributed by atoms with Crippen LogP contribution >= 0.6 is 0 Å². The van der Waals surface area contributed by atoms with E-state index in [1.807, 2.05) is 12.4 Å². The Kier molecular flexibility index (Phi) is 8.47. The first-order valence-corrected chi connectivity index (χ1v) is 24.2. The molecule has 0 unspecified atom stereocenters. The van der Waals surface area contributed by atoms with E-state index in [1.54, 1.807) is 0 Å². The molecule has 6 heterocycles. The molecule has 0 spiro atoms. The van der Waals surface area contributed by atoms with Gasteiger partial charge in [0.2, 0.25) is 0 Å². The predicted octanol–water partition coefficient (Wildman–Crippen LogP) is 15.9. The van der Waals surface area contributed by atoms with E-state index in [1.165, 1.54) is 60.0 Å². The van der Waals surface area contributed by atoms with Crippen molar-refractivity contribution in [1.82, 2.24) is 23.7 Å². The molecule has 1 aliphatic rings. The van der Waals surface area contributed by atoms with Crippen molar-refractivity contribution in [3.05, 3.63) is 277 Å². The van der Waals surface area contributed by atoms with Crippen LogP contribution in [0.4, 0.5) is 17.2 Å². The van der Waals surface area contributed by atoms with Crippen LogP contribution in [0, 0.1) is 0 Å². The summed E-state index contributed by atoms with van der Waals surface area (Å²) in [5, 5.41) is 7.21. The highest BCUT2D eigenvalue weighted by Crippen LogP contribution is 2.57. The average Bonchev–Trinajstić information content (AvgIpc) is 4.08. The summed E-state index contributed by atoms with van der Waals surface area (Å²) in [7, 11) is 0. The van der Waals surface area contributed by atoms with Crippen LogP contribution in [-0.4, -0.2) is 23.7 Å². The Morgan fingerprint density at radius 1 is 0.310 bits per heavy atom. The minimum Gasteiger partial charge on any atom is -0.309 e. The molecule has 0 bridgehead atoms. The molecule has 0 saturated carbocycles. The van der Waals surface area contributed by atoms with Crippen molar-refractivity contribution in [2.24, 2.45) is 0 Å². The van der Waals surface area contributed by atoms with Crippen LogP contribution in [0.25, 0.3) is 82.5 Å². The van der Waals surface area contributed by atoms with Crippen molar-refractivity contribution in [3.8, 4) is 17.1 Å². The molecule has 6 heteroatoms. The molecule has 6 nitrogen and oxygen atoms in total. The molecular weight excluding hydrogens is 865 g/mol. The largest absolute Gasteiger partial charge is 0.309 e. The van der Waals surface area contributed by atoms with E-state index >= 15 is 0 Å². The van der Waals surface area contributed by atoms with E-state index < -0.39 is 5.41 Å². The smallest absolute Gasteiger partial charge is 0.139 e. The van der Waals surface area contributed by atoms with E-state index in [9.17, 15) is 0 Å². The van der Waals surface area contributed by atoms with E-state index in [4.69, 9.17) is 9.97 Å². The predicted molar refractivity (Wildman–Crippen MR) is 292 cm³/mol. The highest BCUT2D eigenvalue weighted by molar-refractivity contribution is 6.13. The zero-order valence-corrected chi connectivity index (χ0v) is 38.4. The van der Waals surface area contributed by atoms with Gasteiger partial charge in [-0.1, -0.05) is 170 Å². The lowest BCUT2D eigenvalue weighted by atomic mass is 9.62. The second-order valence-electron chi connectivity index (χ2n) is 18.6. The number of fused-ring (bicyclic) bond motifs is 11. The number of benzene rings is 9. The van der Waals surface area contributed by atoms with E-state index in [-0.39, 0.29) is 0 Å². The maximum absolute atomic E-state index is 5.58. The van der Waals surface area contributed by atoms with Crippen molar-refractivity contribution in [2.75, 3.05) is 4.90 Å². The fourth-order valence-electron chi connectivity index (χ4n) is 12.2. The van der Waals surface area contributed by atoms with Gasteiger partial charge in [-0.15, -0.1) is 0 Å². The SMILES string of the molecule is c1ccc(C2(c3ccccc3)c3ccccc3N(c3cc(-n4c5ccccc5c5ccccc54)c(-n4c5ccccc5c5cc(-n6c7ccccc7c7ccccc76)ccc54)cn3)c3cnccc32)cc1. The van der Waals surface area contributed by atoms with Crippen LogP contribution in [0.1, 0.15) is 22.3 Å². The molecule has 0 N–H and O–H groups in total. The van der Waals surface area contributed by atoms with Gasteiger partial charge < -0.3 is 13.7 Å². The Hall–Kier alpha value is -9.52. The number of anilines is 3. The van der Waals surface area contributed by atoms with Crippen LogP contribution < -0.4 is 4.90 Å². The monoisotopic (exact) mass is 906 g/mol. The molecule has 0 amide bonds. The quantitative estimate of drug-likeness (QED) is 0.167. The summed E-state index contributed by atoms with van der Waals surface area (Å²) in [6, 6.07) is 85.9. The minimum absolute atomic E-state index is 0.634. The molecule has 5 aromatic heterocycles. The normalized spacial score (nSPS) is 13.2. The van der Waals surface area contributed by atoms with Crippen molar-refractivity contribution >= 4 is 82.6 Å². The molecule has 0 saturated heterocycles. The Balaban J connectivity index is 1.02. The van der Waals surface area contributed by atoms with Gasteiger partial charge in [0.1, 0.15) is 5.82 Å². The third-order valence-electron chi connectivity index (χ3n) is 15.0. The standard InChI is InChI=1S/C65H42N6/c1-3-19-43(20-4-1)65(44-21-5-2-6-22-44)52-28-12-18-34-60(52)71(62-41-66-38-37-53(62)65)64-40-61(69-56-31-15-9-25-48(56)49-26-10-16-32-57(49)69)63(42-67-64)70-58-33-17-11-27-50(58)51-39-45(35-36-59(51)70)68-54-29-13-7-23-46(54)47-24-8-14-30-55(47)68/h1-42H. The second-order valence-corrected chi connectivity index (χ2v) is 18.6. The average molecular weight is 907 g/mol. The van der Waals surface area contributed by atoms with Crippen molar-refractivity contribution in [2.45, 2.75) is 5.41 Å². The maximum Gasteiger partial charge on any atom is 0.139 e. The Morgan fingerprint density at radius 2 is 0.761 bits per heavy atom. The fourth-order valence-corrected chi connectivity index (χ4v) is 12.2. The van der Waals surface area contributed by atoms with E-state index in [0.717, 1.165) is 61.9 Å². The van der Waals surface area contributed by atoms with Gasteiger partial charge >= 0.3 is 0 Å². The first-order chi connectivity index (χ1) is 35.3. The molecule has 0 radical (unpaired) electrons. The van der Waals surface area contributed by atoms with Crippen LogP contribution in [-0.2, 0) is 5.41 Å². The van der Waals surface area contributed by atoms with Gasteiger partial charge in [0.25, 0.3) is 0 Å². The zero-order valence-electron chi connectivity index (χ0n) is 38.4. The van der Waals surface area contributed by atoms with Crippen LogP contribution in [0.15, 0.2) is 255 Å². The van der Waals surface area contributed by atoms with Crippen LogP contribution in [0.2, 0.25) is 0 Å². The molecule has 0 aliphatic carbocycles. The highest BCUT2D eigenvalue weighted by Gasteiger charge is 2.47. The second kappa shape index (κ2) is 15.2. The molecule has 71 heavy (non-hydrogen) atoms. The van der Waals surface area contributed by atoms with Gasteiger partial charge in [-0.2, -0.15) is 0 Å². The molecule has 332 valence electrons. The number of pyridine rings is 2. The summed E-state index contributed by atoms with van der Waals surface area (Å²) in [5.74, 6) is 0.788. The topological polar surface area (TPSA) is 43.8 Å². The fraction of sp³-hybridized carbons (Fsp3) is 0.0154. The minimum atomic E-state index is -0.634. The van der Waals surface area contributed by atoms with Gasteiger partial charge in [0, 0.05) is 50.3 Å². The van der Waals surface area contributed by atoms with Gasteiger partial charge in [-0.25, -0.2) is 4.98 Å². The molecule has 1 aliphatic heterocycles. The Labute approximate surface area is 409 Å². The van der Waals surface area contributed by atoms with Crippen molar-refractivity contribution in [1.29, 1.82) is 0 Å². The summed E-state index contributed by atoms with van der Waals surface area (Å²) in [6.45, 7) is 0. The molecule has 0 fully saturated rings. The van der Waals surface area contributed by atoms with Gasteiger partial charge in [0.15, 0.2) is 0 Å². The number of nitrogens with zero attached hydrogens (tertiary/aromatic N) is 6. The van der Waals surface area contributed by atoms with Crippen LogP contribution in [0.3, 0.4) is 0 Å². The number of hydrogen-bond acceptors (Lipinski definition) is 3. The summed E-state index contributed by atoms with van der Waals surface area (Å²) in [4.78, 5) is 12.8. The lowest BCUT2D eigenvalue weighted by Crippen LogP contribution is -2.38. The third kappa shape index (κ3) is 5.53. The molecule has 15 rings (SSSR count). The maximum atomic E-state index is 5.58. The number of para-hydroxylation sites is 6. The van der Waals surface area contributed by atoms with Crippen molar-refractivity contribution in [3.63, 3.8) is 0 Å². The number of hydrogen-bond donors (Lipinski definition) is 0. The lowest BCUT2D eigenvalue weighted by molar-refractivity contribution is 0.727. The molecular formula is C65H42N6. The van der Waals surface area contributed by atoms with E-state index in [0.29, 0.717) is 0 Å². The summed E-state index contributed by atoms with van der Waals surface area (Å²) < 4.78 is 7.27. The lowest BCUT2D eigenvalue weighted by Gasteiger charge is -2.45. The Bertz CT molecular complexity index is 4230. The molecule has 14 aromatic rings. The summed E-state index contributed by atoms with van der Waals surface area (Å²) >= 11 is 0. The highest BCUT2D eigenvalue weighted by atomic mass is 15.2. The van der Waals surface area contributed by atoms with Crippen molar-refractivity contribution < 1.29 is 0 Å². The van der Waals surface area contributed by atoms with Gasteiger partial charge in [-0.3, -0.25) is 9.88 Å². The van der Waals surface area contributed by atoms with Crippen LogP contribution in [0.5, 0.6) is 0 Å². The summed E-state index contributed by atoms with van der Waals surface area (Å²) in [6.07, 6.45) is 6.04. The summed E-state index contributed by atoms with van der Waals surface area (Å²) in [5.41, 5.74) is 16.0. The van der Waals surface area contributed by atoms with E-state index in [2.05, 4.69) is 261 Å². The first kappa shape index (κ1) is 39.5.